The van der Waals surface area contributed by atoms with Gasteiger partial charge in [-0.15, -0.1) is 0 Å². The molecule has 6 nitrogen and oxygen atoms in total. The van der Waals surface area contributed by atoms with Gasteiger partial charge in [-0.1, -0.05) is 30.3 Å². The molecule has 0 radical (unpaired) electrons. The molecule has 0 aliphatic heterocycles. The van der Waals surface area contributed by atoms with Crippen molar-refractivity contribution < 1.29 is 27.9 Å². The lowest BCUT2D eigenvalue weighted by Gasteiger charge is -2.10. The fourth-order valence-corrected chi connectivity index (χ4v) is 2.04. The predicted octanol–water partition coefficient (Wildman–Crippen LogP) is 2.62. The zero-order chi connectivity index (χ0) is 19.8. The Labute approximate surface area is 153 Å². The Bertz CT molecular complexity index is 883. The average molecular weight is 374 g/mol. The average Bonchev–Trinajstić information content (AvgIpc) is 2.62. The van der Waals surface area contributed by atoms with Gasteiger partial charge in [0.25, 0.3) is 5.91 Å². The molecule has 0 saturated heterocycles. The van der Waals surface area contributed by atoms with Crippen molar-refractivity contribution in [3.05, 3.63) is 71.4 Å². The highest BCUT2D eigenvalue weighted by atomic mass is 19.1. The number of hydrogen-bond donors (Lipinski definition) is 2. The van der Waals surface area contributed by atoms with Gasteiger partial charge in [0.05, 0.1) is 5.69 Å². The van der Waals surface area contributed by atoms with E-state index in [1.54, 1.807) is 30.3 Å². The number of anilines is 1. The first kappa shape index (κ1) is 19.8. The summed E-state index contributed by atoms with van der Waals surface area (Å²) in [4.78, 5) is 35.2. The lowest BCUT2D eigenvalue weighted by Crippen LogP contribution is -2.29. The molecule has 27 heavy (non-hydrogen) atoms. The standard InChI is InChI=1S/C19H16F2N2O4/c1-12(24)22-17(9-13-5-3-2-4-6-13)19(26)27-11-18(25)23-16-8-7-14(20)10-15(16)21/h2-10H,11H2,1H3,(H,22,24)(H,23,25)/b17-9+. The molecule has 0 aliphatic carbocycles. The minimum Gasteiger partial charge on any atom is -0.451 e. The number of halogens is 2. The van der Waals surface area contributed by atoms with E-state index in [9.17, 15) is 23.2 Å². The Morgan fingerprint density at radius 1 is 1.07 bits per heavy atom. The van der Waals surface area contributed by atoms with Crippen LogP contribution in [0.15, 0.2) is 54.2 Å². The number of ether oxygens (including phenoxy) is 1. The number of amides is 2. The predicted molar refractivity (Wildman–Crippen MR) is 94.2 cm³/mol. The van der Waals surface area contributed by atoms with Crippen LogP contribution in [0.2, 0.25) is 0 Å². The molecular weight excluding hydrogens is 358 g/mol. The van der Waals surface area contributed by atoms with Crippen molar-refractivity contribution in [1.29, 1.82) is 0 Å². The molecule has 0 bridgehead atoms. The molecule has 2 rings (SSSR count). The molecule has 2 N–H and O–H groups in total. The zero-order valence-electron chi connectivity index (χ0n) is 14.3. The first-order valence-electron chi connectivity index (χ1n) is 7.81. The molecule has 8 heteroatoms. The van der Waals surface area contributed by atoms with E-state index in [0.717, 1.165) is 12.1 Å². The van der Waals surface area contributed by atoms with Crippen LogP contribution in [-0.2, 0) is 19.1 Å². The van der Waals surface area contributed by atoms with E-state index in [0.29, 0.717) is 11.6 Å². The smallest absolute Gasteiger partial charge is 0.355 e. The van der Waals surface area contributed by atoms with Crippen LogP contribution < -0.4 is 10.6 Å². The Morgan fingerprint density at radius 3 is 2.41 bits per heavy atom. The van der Waals surface area contributed by atoms with E-state index in [2.05, 4.69) is 10.6 Å². The Kier molecular flexibility index (Phi) is 6.76. The molecule has 140 valence electrons. The maximum atomic E-state index is 13.5. The van der Waals surface area contributed by atoms with Gasteiger partial charge in [0.2, 0.25) is 5.91 Å². The van der Waals surface area contributed by atoms with Gasteiger partial charge in [-0.2, -0.15) is 0 Å². The first-order valence-corrected chi connectivity index (χ1v) is 7.81. The van der Waals surface area contributed by atoms with Gasteiger partial charge in [-0.25, -0.2) is 13.6 Å². The second kappa shape index (κ2) is 9.23. The Morgan fingerprint density at radius 2 is 1.78 bits per heavy atom. The highest BCUT2D eigenvalue weighted by molar-refractivity contribution is 5.99. The van der Waals surface area contributed by atoms with Crippen molar-refractivity contribution in [3.8, 4) is 0 Å². The van der Waals surface area contributed by atoms with Crippen molar-refractivity contribution in [2.75, 3.05) is 11.9 Å². The molecule has 0 atom stereocenters. The number of hydrogen-bond acceptors (Lipinski definition) is 4. The fourth-order valence-electron chi connectivity index (χ4n) is 2.04. The minimum atomic E-state index is -0.961. The largest absolute Gasteiger partial charge is 0.451 e. The maximum absolute atomic E-state index is 13.5. The van der Waals surface area contributed by atoms with Gasteiger partial charge < -0.3 is 15.4 Å². The number of benzene rings is 2. The van der Waals surface area contributed by atoms with Gasteiger partial charge in [-0.05, 0) is 23.8 Å². The molecule has 0 aliphatic rings. The van der Waals surface area contributed by atoms with Crippen LogP contribution in [0.3, 0.4) is 0 Å². The van der Waals surface area contributed by atoms with Gasteiger partial charge >= 0.3 is 5.97 Å². The van der Waals surface area contributed by atoms with Gasteiger partial charge in [0.15, 0.2) is 6.61 Å². The van der Waals surface area contributed by atoms with Gasteiger partial charge in [0.1, 0.15) is 17.3 Å². The number of esters is 1. The molecule has 0 unspecified atom stereocenters. The van der Waals surface area contributed by atoms with E-state index in [4.69, 9.17) is 4.74 Å². The summed E-state index contributed by atoms with van der Waals surface area (Å²) in [5.74, 6) is -4.01. The van der Waals surface area contributed by atoms with Crippen molar-refractivity contribution in [2.45, 2.75) is 6.92 Å². The zero-order valence-corrected chi connectivity index (χ0v) is 14.3. The van der Waals surface area contributed by atoms with E-state index < -0.39 is 36.0 Å². The summed E-state index contributed by atoms with van der Waals surface area (Å²) in [5, 5.41) is 4.49. The van der Waals surface area contributed by atoms with E-state index in [1.165, 1.54) is 13.0 Å². The molecule has 2 aromatic rings. The van der Waals surface area contributed by atoms with E-state index in [-0.39, 0.29) is 11.4 Å². The summed E-state index contributed by atoms with van der Waals surface area (Å²) < 4.78 is 31.2. The van der Waals surface area contributed by atoms with Crippen LogP contribution in [0.1, 0.15) is 12.5 Å². The molecule has 2 amide bonds. The lowest BCUT2D eigenvalue weighted by atomic mass is 10.2. The van der Waals surface area contributed by atoms with E-state index >= 15 is 0 Å². The second-order valence-corrected chi connectivity index (χ2v) is 5.40. The van der Waals surface area contributed by atoms with Crippen LogP contribution in [0.5, 0.6) is 0 Å². The fraction of sp³-hybridized carbons (Fsp3) is 0.105. The van der Waals surface area contributed by atoms with Crippen LogP contribution in [0.25, 0.3) is 6.08 Å². The number of carbonyl (C=O) groups excluding carboxylic acids is 3. The number of nitrogens with one attached hydrogen (secondary N) is 2. The summed E-state index contributed by atoms with van der Waals surface area (Å²) in [6.07, 6.45) is 1.39. The van der Waals surface area contributed by atoms with Crippen molar-refractivity contribution in [2.24, 2.45) is 0 Å². The highest BCUT2D eigenvalue weighted by Gasteiger charge is 2.16. The van der Waals surface area contributed by atoms with Gasteiger partial charge in [0, 0.05) is 13.0 Å². The Hall–Kier alpha value is -3.55. The van der Waals surface area contributed by atoms with Gasteiger partial charge in [-0.3, -0.25) is 9.59 Å². The third-order valence-electron chi connectivity index (χ3n) is 3.18. The lowest BCUT2D eigenvalue weighted by molar-refractivity contribution is -0.144. The SMILES string of the molecule is CC(=O)N/C(=C/c1ccccc1)C(=O)OCC(=O)Nc1ccc(F)cc1F. The summed E-state index contributed by atoms with van der Waals surface area (Å²) in [5.41, 5.74) is 0.227. The molecule has 0 heterocycles. The minimum absolute atomic E-state index is 0.158. The summed E-state index contributed by atoms with van der Waals surface area (Å²) >= 11 is 0. The van der Waals surface area contributed by atoms with Crippen LogP contribution in [-0.4, -0.2) is 24.4 Å². The normalized spacial score (nSPS) is 10.9. The van der Waals surface area contributed by atoms with Crippen LogP contribution >= 0.6 is 0 Å². The van der Waals surface area contributed by atoms with Crippen molar-refractivity contribution >= 4 is 29.5 Å². The first-order chi connectivity index (χ1) is 12.8. The number of rotatable bonds is 6. The van der Waals surface area contributed by atoms with Crippen LogP contribution in [0, 0.1) is 11.6 Å². The maximum Gasteiger partial charge on any atom is 0.355 e. The highest BCUT2D eigenvalue weighted by Crippen LogP contribution is 2.14. The molecule has 0 spiro atoms. The summed E-state index contributed by atoms with van der Waals surface area (Å²) in [6, 6.07) is 11.3. The third-order valence-corrected chi connectivity index (χ3v) is 3.18. The molecule has 2 aromatic carbocycles. The summed E-state index contributed by atoms with van der Waals surface area (Å²) in [7, 11) is 0. The second-order valence-electron chi connectivity index (χ2n) is 5.40. The third kappa shape index (κ3) is 6.35. The topological polar surface area (TPSA) is 84.5 Å². The Balaban J connectivity index is 2.01. The molecule has 0 fully saturated rings. The molecule has 0 saturated carbocycles. The molecule has 0 aromatic heterocycles. The number of carbonyl (C=O) groups is 3. The molecular formula is C19H16F2N2O4. The van der Waals surface area contributed by atoms with Crippen LogP contribution in [0.4, 0.5) is 14.5 Å². The summed E-state index contributed by atoms with van der Waals surface area (Å²) in [6.45, 7) is 0.498. The van der Waals surface area contributed by atoms with E-state index in [1.807, 2.05) is 0 Å². The van der Waals surface area contributed by atoms with Crippen molar-refractivity contribution in [1.82, 2.24) is 5.32 Å². The monoisotopic (exact) mass is 374 g/mol. The van der Waals surface area contributed by atoms with Crippen molar-refractivity contribution in [3.63, 3.8) is 0 Å². The quantitative estimate of drug-likeness (QED) is 0.601.